The van der Waals surface area contributed by atoms with Crippen LogP contribution in [0.15, 0.2) is 48.5 Å². The molecule has 1 unspecified atom stereocenters. The van der Waals surface area contributed by atoms with Crippen LogP contribution in [0.4, 0.5) is 5.69 Å². The highest BCUT2D eigenvalue weighted by Crippen LogP contribution is 2.28. The summed E-state index contributed by atoms with van der Waals surface area (Å²) < 4.78 is 25.5. The maximum absolute atomic E-state index is 12.5. The van der Waals surface area contributed by atoms with E-state index in [1.54, 1.807) is 0 Å². The topological polar surface area (TPSA) is 66.5 Å². The fourth-order valence-electron chi connectivity index (χ4n) is 2.60. The summed E-state index contributed by atoms with van der Waals surface area (Å²) in [7, 11) is -3.72. The Labute approximate surface area is 164 Å². The van der Waals surface area contributed by atoms with Gasteiger partial charge in [0.25, 0.3) is 0 Å². The van der Waals surface area contributed by atoms with Crippen molar-refractivity contribution in [3.05, 3.63) is 64.1 Å². The third-order valence-corrected chi connectivity index (χ3v) is 5.42. The van der Waals surface area contributed by atoms with E-state index in [4.69, 9.17) is 23.2 Å². The number of rotatable bonds is 7. The lowest BCUT2D eigenvalue weighted by atomic mass is 10.1. The minimum atomic E-state index is -3.72. The smallest absolute Gasteiger partial charge is 0.243 e. The fraction of sp³-hybridized carbons (Fsp3) is 0.278. The molecule has 2 aromatic rings. The zero-order chi connectivity index (χ0) is 19.3. The van der Waals surface area contributed by atoms with Crippen LogP contribution in [0.3, 0.4) is 0 Å². The van der Waals surface area contributed by atoms with Gasteiger partial charge in [-0.25, -0.2) is 8.42 Å². The molecule has 0 spiro atoms. The van der Waals surface area contributed by atoms with Gasteiger partial charge in [-0.3, -0.25) is 9.10 Å². The second kappa shape index (κ2) is 8.75. The number of nitrogens with one attached hydrogen (secondary N) is 1. The number of halogens is 2. The van der Waals surface area contributed by atoms with E-state index in [-0.39, 0.29) is 15.7 Å². The lowest BCUT2D eigenvalue weighted by molar-refractivity contribution is -0.121. The van der Waals surface area contributed by atoms with Gasteiger partial charge in [-0.15, -0.1) is 0 Å². The van der Waals surface area contributed by atoms with Gasteiger partial charge < -0.3 is 5.32 Å². The second-order valence-corrected chi connectivity index (χ2v) is 8.62. The van der Waals surface area contributed by atoms with Crippen LogP contribution < -0.4 is 9.62 Å². The summed E-state index contributed by atoms with van der Waals surface area (Å²) in [6.07, 6.45) is 1.69. The lowest BCUT2D eigenvalue weighted by Gasteiger charge is -2.28. The zero-order valence-corrected chi connectivity index (χ0v) is 16.8. The van der Waals surface area contributed by atoms with Crippen molar-refractivity contribution in [1.82, 2.24) is 5.32 Å². The number of nitrogens with zero attached hydrogens (tertiary/aromatic N) is 1. The van der Waals surface area contributed by atoms with Gasteiger partial charge in [0, 0.05) is 16.6 Å². The molecule has 5 nitrogen and oxygen atoms in total. The maximum Gasteiger partial charge on any atom is 0.243 e. The number of sulfonamides is 1. The third-order valence-electron chi connectivity index (χ3n) is 3.75. The van der Waals surface area contributed by atoms with Crippen LogP contribution in [0.2, 0.25) is 10.0 Å². The van der Waals surface area contributed by atoms with Crippen molar-refractivity contribution >= 4 is 44.8 Å². The minimum absolute atomic E-state index is 0.246. The Kier molecular flexibility index (Phi) is 6.92. The van der Waals surface area contributed by atoms with Crippen molar-refractivity contribution in [2.24, 2.45) is 0 Å². The van der Waals surface area contributed by atoms with Crippen molar-refractivity contribution in [3.8, 4) is 0 Å². The molecule has 1 atom stereocenters. The number of hydrogen-bond acceptors (Lipinski definition) is 3. The first-order valence-corrected chi connectivity index (χ1v) is 10.6. The quantitative estimate of drug-likeness (QED) is 0.753. The van der Waals surface area contributed by atoms with Gasteiger partial charge in [-0.05, 0) is 37.1 Å². The molecule has 0 aliphatic heterocycles. The Morgan fingerprint density at radius 2 is 1.69 bits per heavy atom. The first-order valence-electron chi connectivity index (χ1n) is 7.95. The molecule has 0 fully saturated rings. The van der Waals surface area contributed by atoms with Crippen molar-refractivity contribution in [2.45, 2.75) is 19.4 Å². The van der Waals surface area contributed by atoms with E-state index in [9.17, 15) is 13.2 Å². The largest absolute Gasteiger partial charge is 0.354 e. The van der Waals surface area contributed by atoms with Gasteiger partial charge in [0.15, 0.2) is 0 Å². The predicted molar refractivity (Wildman–Crippen MR) is 106 cm³/mol. The van der Waals surface area contributed by atoms with E-state index in [2.05, 4.69) is 5.32 Å². The lowest BCUT2D eigenvalue weighted by Crippen LogP contribution is -2.48. The predicted octanol–water partition coefficient (Wildman–Crippen LogP) is 3.51. The molecule has 2 rings (SSSR count). The van der Waals surface area contributed by atoms with Gasteiger partial charge >= 0.3 is 0 Å². The number of carbonyl (C=O) groups is 1. The van der Waals surface area contributed by atoms with Crippen LogP contribution in [-0.2, 0) is 21.2 Å². The molecule has 0 bridgehead atoms. The Morgan fingerprint density at radius 3 is 2.23 bits per heavy atom. The Morgan fingerprint density at radius 1 is 1.12 bits per heavy atom. The van der Waals surface area contributed by atoms with Crippen molar-refractivity contribution in [1.29, 1.82) is 0 Å². The number of benzene rings is 2. The first kappa shape index (κ1) is 20.6. The van der Waals surface area contributed by atoms with Crippen LogP contribution in [0, 0.1) is 0 Å². The highest BCUT2D eigenvalue weighted by Gasteiger charge is 2.29. The molecule has 2 aromatic carbocycles. The first-order chi connectivity index (χ1) is 12.2. The van der Waals surface area contributed by atoms with Gasteiger partial charge in [0.05, 0.1) is 11.9 Å². The van der Waals surface area contributed by atoms with Crippen molar-refractivity contribution in [3.63, 3.8) is 0 Å². The molecular formula is C18H20Cl2N2O3S. The Hall–Kier alpha value is -1.76. The summed E-state index contributed by atoms with van der Waals surface area (Å²) >= 11 is 11.9. The Bertz CT molecular complexity index is 853. The summed E-state index contributed by atoms with van der Waals surface area (Å²) in [4.78, 5) is 12.5. The van der Waals surface area contributed by atoms with Crippen LogP contribution >= 0.6 is 23.2 Å². The summed E-state index contributed by atoms with van der Waals surface area (Å²) in [6.45, 7) is 1.93. The number of amides is 1. The monoisotopic (exact) mass is 414 g/mol. The zero-order valence-electron chi connectivity index (χ0n) is 14.4. The highest BCUT2D eigenvalue weighted by atomic mass is 35.5. The average molecular weight is 415 g/mol. The third kappa shape index (κ3) is 5.62. The molecule has 0 saturated carbocycles. The number of carbonyl (C=O) groups excluding carboxylic acids is 1. The van der Waals surface area contributed by atoms with Crippen LogP contribution in [0.5, 0.6) is 0 Å². The highest BCUT2D eigenvalue weighted by molar-refractivity contribution is 7.92. The molecule has 1 N–H and O–H groups in total. The number of hydrogen-bond donors (Lipinski definition) is 1. The number of anilines is 1. The standard InChI is InChI=1S/C18H20Cl2N2O3S/c1-13(18(23)21-9-8-14-6-4-3-5-7-14)22(26(2,24)25)17-11-15(19)10-16(20)12-17/h3-7,10-13H,8-9H2,1-2H3,(H,21,23). The molecule has 0 heterocycles. The van der Waals surface area contributed by atoms with Crippen LogP contribution in [0.1, 0.15) is 12.5 Å². The van der Waals surface area contributed by atoms with E-state index in [1.165, 1.54) is 25.1 Å². The van der Waals surface area contributed by atoms with Gasteiger partial charge in [0.2, 0.25) is 15.9 Å². The van der Waals surface area contributed by atoms with Gasteiger partial charge in [0.1, 0.15) is 6.04 Å². The van der Waals surface area contributed by atoms with Crippen molar-refractivity contribution in [2.75, 3.05) is 17.1 Å². The van der Waals surface area contributed by atoms with Gasteiger partial charge in [-0.1, -0.05) is 53.5 Å². The minimum Gasteiger partial charge on any atom is -0.354 e. The molecule has 8 heteroatoms. The van der Waals surface area contributed by atoms with Gasteiger partial charge in [-0.2, -0.15) is 0 Å². The van der Waals surface area contributed by atoms with E-state index >= 15 is 0 Å². The maximum atomic E-state index is 12.5. The SMILES string of the molecule is CC(C(=O)NCCc1ccccc1)N(c1cc(Cl)cc(Cl)c1)S(C)(=O)=O. The van der Waals surface area contributed by atoms with E-state index in [0.29, 0.717) is 13.0 Å². The van der Waals surface area contributed by atoms with E-state index in [0.717, 1.165) is 16.1 Å². The molecular weight excluding hydrogens is 395 g/mol. The molecule has 140 valence electrons. The molecule has 26 heavy (non-hydrogen) atoms. The van der Waals surface area contributed by atoms with E-state index in [1.807, 2.05) is 30.3 Å². The molecule has 0 aliphatic carbocycles. The normalized spacial score (nSPS) is 12.5. The summed E-state index contributed by atoms with van der Waals surface area (Å²) in [5.41, 5.74) is 1.33. The molecule has 1 amide bonds. The van der Waals surface area contributed by atoms with E-state index < -0.39 is 22.0 Å². The second-order valence-electron chi connectivity index (χ2n) is 5.89. The molecule has 0 aliphatic rings. The van der Waals surface area contributed by atoms with Crippen LogP contribution in [-0.4, -0.2) is 33.2 Å². The van der Waals surface area contributed by atoms with Crippen LogP contribution in [0.25, 0.3) is 0 Å². The summed E-state index contributed by atoms with van der Waals surface area (Å²) in [6, 6.07) is 13.2. The Balaban J connectivity index is 2.13. The summed E-state index contributed by atoms with van der Waals surface area (Å²) in [5, 5.41) is 3.35. The summed E-state index contributed by atoms with van der Waals surface area (Å²) in [5.74, 6) is -0.401. The van der Waals surface area contributed by atoms with Crippen molar-refractivity contribution < 1.29 is 13.2 Å². The molecule has 0 saturated heterocycles. The molecule has 0 aromatic heterocycles. The molecule has 0 radical (unpaired) electrons. The fourth-order valence-corrected chi connectivity index (χ4v) is 4.27. The average Bonchev–Trinajstić information content (AvgIpc) is 2.53.